The molecule has 3 aromatic rings. The molecule has 35 heavy (non-hydrogen) atoms. The first-order valence-corrected chi connectivity index (χ1v) is 13.7. The molecule has 1 aliphatic rings. The fraction of sp³-hybridized carbons (Fsp3) is 0.462. The van der Waals surface area contributed by atoms with Crippen LogP contribution in [0, 0.1) is 0 Å². The van der Waals surface area contributed by atoms with Crippen molar-refractivity contribution >= 4 is 32.7 Å². The third kappa shape index (κ3) is 5.91. The first-order valence-electron chi connectivity index (χ1n) is 12.3. The second-order valence-corrected chi connectivity index (χ2v) is 11.4. The molecule has 188 valence electrons. The second-order valence-electron chi connectivity index (χ2n) is 9.42. The van der Waals surface area contributed by atoms with E-state index in [0.717, 1.165) is 49.4 Å². The van der Waals surface area contributed by atoms with Gasteiger partial charge in [0, 0.05) is 44.7 Å². The number of anilines is 1. The highest BCUT2D eigenvalue weighted by atomic mass is 32.2. The summed E-state index contributed by atoms with van der Waals surface area (Å²) in [6.45, 7) is 4.85. The maximum Gasteiger partial charge on any atom is 0.243 e. The number of amides is 1. The van der Waals surface area contributed by atoms with Gasteiger partial charge in [0.2, 0.25) is 15.9 Å². The first kappa shape index (κ1) is 25.3. The lowest BCUT2D eigenvalue weighted by Crippen LogP contribution is -2.27. The Kier molecular flexibility index (Phi) is 7.88. The normalized spacial score (nSPS) is 14.7. The van der Waals surface area contributed by atoms with Crippen LogP contribution in [-0.2, 0) is 34.3 Å². The lowest BCUT2D eigenvalue weighted by Gasteiger charge is -2.15. The highest BCUT2D eigenvalue weighted by molar-refractivity contribution is 7.89. The van der Waals surface area contributed by atoms with Gasteiger partial charge >= 0.3 is 0 Å². The van der Waals surface area contributed by atoms with Crippen molar-refractivity contribution in [1.82, 2.24) is 18.8 Å². The highest BCUT2D eigenvalue weighted by Gasteiger charge is 2.27. The molecule has 4 rings (SSSR count). The average molecular weight is 498 g/mol. The molecule has 1 amide bonds. The number of aromatic nitrogens is 2. The van der Waals surface area contributed by atoms with Gasteiger partial charge in [0.25, 0.3) is 0 Å². The minimum Gasteiger partial charge on any atom is -0.328 e. The van der Waals surface area contributed by atoms with E-state index in [9.17, 15) is 13.2 Å². The van der Waals surface area contributed by atoms with Crippen molar-refractivity contribution in [2.75, 3.05) is 32.5 Å². The van der Waals surface area contributed by atoms with Gasteiger partial charge in [-0.15, -0.1) is 0 Å². The molecule has 1 fully saturated rings. The fourth-order valence-electron chi connectivity index (χ4n) is 4.57. The topological polar surface area (TPSA) is 87.5 Å². The van der Waals surface area contributed by atoms with Gasteiger partial charge in [-0.2, -0.15) is 4.31 Å². The minimum atomic E-state index is -3.50. The van der Waals surface area contributed by atoms with Crippen LogP contribution in [0.2, 0.25) is 0 Å². The summed E-state index contributed by atoms with van der Waals surface area (Å²) in [5, 5.41) is 2.96. The lowest BCUT2D eigenvalue weighted by atomic mass is 10.2. The molecule has 1 aromatic heterocycles. The van der Waals surface area contributed by atoms with Crippen LogP contribution >= 0.6 is 0 Å². The SMILES string of the molecule is CCCn1c(CCC(=O)Nc2ccc(CN(C)C)cc2)nc2cc(S(=O)(=O)N3CCCC3)ccc21. The molecule has 1 aliphatic heterocycles. The lowest BCUT2D eigenvalue weighted by molar-refractivity contribution is -0.116. The molecule has 0 bridgehead atoms. The van der Waals surface area contributed by atoms with Gasteiger partial charge in [-0.3, -0.25) is 4.79 Å². The van der Waals surface area contributed by atoms with E-state index >= 15 is 0 Å². The molecule has 0 atom stereocenters. The van der Waals surface area contributed by atoms with Gasteiger partial charge in [-0.1, -0.05) is 19.1 Å². The molecular weight excluding hydrogens is 462 g/mol. The van der Waals surface area contributed by atoms with E-state index in [0.29, 0.717) is 31.4 Å². The molecule has 0 aliphatic carbocycles. The van der Waals surface area contributed by atoms with Crippen LogP contribution < -0.4 is 5.32 Å². The Labute approximate surface area is 208 Å². The van der Waals surface area contributed by atoms with Crippen LogP contribution in [0.4, 0.5) is 5.69 Å². The Balaban J connectivity index is 1.48. The summed E-state index contributed by atoms with van der Waals surface area (Å²) in [6, 6.07) is 13.1. The van der Waals surface area contributed by atoms with Gasteiger partial charge in [-0.05, 0) is 69.3 Å². The van der Waals surface area contributed by atoms with Crippen LogP contribution in [0.5, 0.6) is 0 Å². The molecule has 9 heteroatoms. The molecule has 0 spiro atoms. The summed E-state index contributed by atoms with van der Waals surface area (Å²) in [7, 11) is 0.546. The third-order valence-electron chi connectivity index (χ3n) is 6.26. The van der Waals surface area contributed by atoms with Gasteiger partial charge in [0.15, 0.2) is 0 Å². The molecule has 0 saturated carbocycles. The maximum absolute atomic E-state index is 13.0. The number of benzene rings is 2. The third-order valence-corrected chi connectivity index (χ3v) is 8.16. The van der Waals surface area contributed by atoms with Crippen LogP contribution in [0.25, 0.3) is 11.0 Å². The molecule has 2 heterocycles. The Hall–Kier alpha value is -2.75. The van der Waals surface area contributed by atoms with E-state index in [1.807, 2.05) is 44.4 Å². The van der Waals surface area contributed by atoms with Crippen molar-refractivity contribution < 1.29 is 13.2 Å². The summed E-state index contributed by atoms with van der Waals surface area (Å²) >= 11 is 0. The van der Waals surface area contributed by atoms with Crippen molar-refractivity contribution in [3.05, 3.63) is 53.9 Å². The molecule has 8 nitrogen and oxygen atoms in total. The number of hydrogen-bond acceptors (Lipinski definition) is 5. The first-order chi connectivity index (χ1) is 16.8. The smallest absolute Gasteiger partial charge is 0.243 e. The largest absolute Gasteiger partial charge is 0.328 e. The zero-order valence-electron chi connectivity index (χ0n) is 20.8. The average Bonchev–Trinajstić information content (AvgIpc) is 3.48. The Morgan fingerprint density at radius 3 is 2.46 bits per heavy atom. The summed E-state index contributed by atoms with van der Waals surface area (Å²) in [4.78, 5) is 19.8. The predicted octanol–water partition coefficient (Wildman–Crippen LogP) is 3.86. The predicted molar refractivity (Wildman–Crippen MR) is 139 cm³/mol. The number of hydrogen-bond donors (Lipinski definition) is 1. The van der Waals surface area contributed by atoms with Gasteiger partial charge in [0.1, 0.15) is 5.82 Å². The number of nitrogens with zero attached hydrogens (tertiary/aromatic N) is 4. The zero-order chi connectivity index (χ0) is 25.0. The summed E-state index contributed by atoms with van der Waals surface area (Å²) in [5.74, 6) is 0.729. The fourth-order valence-corrected chi connectivity index (χ4v) is 6.11. The van der Waals surface area contributed by atoms with E-state index < -0.39 is 10.0 Å². The summed E-state index contributed by atoms with van der Waals surface area (Å²) in [5.41, 5.74) is 3.52. The number of imidazole rings is 1. The Morgan fingerprint density at radius 1 is 1.09 bits per heavy atom. The van der Waals surface area contributed by atoms with Crippen molar-refractivity contribution in [2.45, 2.75) is 57.0 Å². The molecule has 2 aromatic carbocycles. The Morgan fingerprint density at radius 2 is 1.80 bits per heavy atom. The number of fused-ring (bicyclic) bond motifs is 1. The van der Waals surface area contributed by atoms with E-state index in [2.05, 4.69) is 21.7 Å². The van der Waals surface area contributed by atoms with Gasteiger partial charge in [-0.25, -0.2) is 13.4 Å². The monoisotopic (exact) mass is 497 g/mol. The number of nitrogens with one attached hydrogen (secondary N) is 1. The standard InChI is InChI=1S/C26H35N5O3S/c1-4-15-31-24-12-11-22(35(33,34)30-16-5-6-17-30)18-23(24)28-25(31)13-14-26(32)27-21-9-7-20(8-10-21)19-29(2)3/h7-12,18H,4-6,13-17,19H2,1-3H3,(H,27,32). The highest BCUT2D eigenvalue weighted by Crippen LogP contribution is 2.26. The summed E-state index contributed by atoms with van der Waals surface area (Å²) < 4.78 is 29.6. The Bertz CT molecular complexity index is 1280. The number of carbonyl (C=O) groups excluding carboxylic acids is 1. The van der Waals surface area contributed by atoms with Crippen molar-refractivity contribution in [3.63, 3.8) is 0 Å². The quantitative estimate of drug-likeness (QED) is 0.460. The van der Waals surface area contributed by atoms with E-state index in [-0.39, 0.29) is 10.8 Å². The summed E-state index contributed by atoms with van der Waals surface area (Å²) in [6.07, 6.45) is 3.49. The number of carbonyl (C=O) groups is 1. The van der Waals surface area contributed by atoms with Gasteiger partial charge in [0.05, 0.1) is 15.9 Å². The van der Waals surface area contributed by atoms with E-state index in [1.165, 1.54) is 5.56 Å². The van der Waals surface area contributed by atoms with Crippen molar-refractivity contribution in [2.24, 2.45) is 0 Å². The van der Waals surface area contributed by atoms with Crippen LogP contribution in [0.15, 0.2) is 47.4 Å². The maximum atomic E-state index is 13.0. The molecule has 1 N–H and O–H groups in total. The van der Waals surface area contributed by atoms with Gasteiger partial charge < -0.3 is 14.8 Å². The molecule has 1 saturated heterocycles. The van der Waals surface area contributed by atoms with Crippen LogP contribution in [-0.4, -0.2) is 60.3 Å². The van der Waals surface area contributed by atoms with E-state index in [4.69, 9.17) is 4.98 Å². The van der Waals surface area contributed by atoms with Crippen LogP contribution in [0.3, 0.4) is 0 Å². The van der Waals surface area contributed by atoms with Crippen LogP contribution in [0.1, 0.15) is 44.0 Å². The molecule has 0 radical (unpaired) electrons. The second kappa shape index (κ2) is 10.9. The zero-order valence-corrected chi connectivity index (χ0v) is 21.6. The molecular formula is C26H35N5O3S. The molecule has 0 unspecified atom stereocenters. The van der Waals surface area contributed by atoms with Crippen molar-refractivity contribution in [3.8, 4) is 0 Å². The van der Waals surface area contributed by atoms with E-state index in [1.54, 1.807) is 16.4 Å². The number of aryl methyl sites for hydroxylation is 2. The van der Waals surface area contributed by atoms with Crippen molar-refractivity contribution in [1.29, 1.82) is 0 Å². The number of rotatable bonds is 10. The minimum absolute atomic E-state index is 0.0715. The number of sulfonamides is 1.